The van der Waals surface area contributed by atoms with Gasteiger partial charge in [0, 0.05) is 6.07 Å². The summed E-state index contributed by atoms with van der Waals surface area (Å²) in [4.78, 5) is 22.8. The Morgan fingerprint density at radius 1 is 1.47 bits per heavy atom. The van der Waals surface area contributed by atoms with Crippen LogP contribution in [0.25, 0.3) is 0 Å². The highest BCUT2D eigenvalue weighted by Gasteiger charge is 2.33. The summed E-state index contributed by atoms with van der Waals surface area (Å²) in [6.45, 7) is 6.86. The van der Waals surface area contributed by atoms with Gasteiger partial charge in [0.15, 0.2) is 5.69 Å². The summed E-state index contributed by atoms with van der Waals surface area (Å²) >= 11 is 0. The summed E-state index contributed by atoms with van der Waals surface area (Å²) in [5.74, 6) is -1.13. The summed E-state index contributed by atoms with van der Waals surface area (Å²) in [7, 11) is 0. The van der Waals surface area contributed by atoms with Crippen molar-refractivity contribution >= 4 is 11.9 Å². The van der Waals surface area contributed by atoms with Crippen LogP contribution in [0.5, 0.6) is 0 Å². The molecular formula is C11H16N2O4. The van der Waals surface area contributed by atoms with E-state index in [1.807, 2.05) is 0 Å². The van der Waals surface area contributed by atoms with Crippen LogP contribution < -0.4 is 5.32 Å². The Morgan fingerprint density at radius 2 is 2.06 bits per heavy atom. The fraction of sp³-hybridized carbons (Fsp3) is 0.545. The Morgan fingerprint density at radius 3 is 2.41 bits per heavy atom. The summed E-state index contributed by atoms with van der Waals surface area (Å²) in [5.41, 5.74) is -0.502. The second-order valence-corrected chi connectivity index (χ2v) is 4.93. The van der Waals surface area contributed by atoms with Crippen LogP contribution >= 0.6 is 0 Å². The molecule has 6 heteroatoms. The average molecular weight is 240 g/mol. The number of amides is 1. The van der Waals surface area contributed by atoms with Gasteiger partial charge in [0.25, 0.3) is 5.91 Å². The second-order valence-electron chi connectivity index (χ2n) is 4.93. The number of aryl methyl sites for hydroxylation is 1. The normalized spacial score (nSPS) is 13.2. The molecule has 2 N–H and O–H groups in total. The van der Waals surface area contributed by atoms with Gasteiger partial charge in [0.05, 0.1) is 0 Å². The molecule has 1 rings (SSSR count). The van der Waals surface area contributed by atoms with Gasteiger partial charge in [-0.1, -0.05) is 25.9 Å². The number of aromatic nitrogens is 1. The Bertz CT molecular complexity index is 431. The van der Waals surface area contributed by atoms with Gasteiger partial charge >= 0.3 is 5.97 Å². The number of carbonyl (C=O) groups is 2. The van der Waals surface area contributed by atoms with Crippen molar-refractivity contribution in [3.8, 4) is 0 Å². The zero-order chi connectivity index (χ0) is 13.2. The van der Waals surface area contributed by atoms with Crippen LogP contribution in [-0.4, -0.2) is 28.2 Å². The monoisotopic (exact) mass is 240 g/mol. The quantitative estimate of drug-likeness (QED) is 0.828. The number of hydrogen-bond donors (Lipinski definition) is 2. The highest BCUT2D eigenvalue weighted by atomic mass is 16.5. The molecule has 94 valence electrons. The van der Waals surface area contributed by atoms with E-state index in [-0.39, 0.29) is 5.69 Å². The summed E-state index contributed by atoms with van der Waals surface area (Å²) in [6, 6.07) is 0.476. The number of nitrogens with one attached hydrogen (secondary N) is 1. The van der Waals surface area contributed by atoms with Crippen molar-refractivity contribution in [2.24, 2.45) is 5.41 Å². The number of rotatable bonds is 3. The van der Waals surface area contributed by atoms with E-state index in [1.54, 1.807) is 27.7 Å². The van der Waals surface area contributed by atoms with Gasteiger partial charge in [-0.2, -0.15) is 0 Å². The SMILES string of the molecule is Cc1cc(C(=O)NC(C(=O)O)C(C)(C)C)no1. The van der Waals surface area contributed by atoms with Gasteiger partial charge < -0.3 is 14.9 Å². The van der Waals surface area contributed by atoms with E-state index in [2.05, 4.69) is 10.5 Å². The third-order valence-corrected chi connectivity index (χ3v) is 2.25. The molecule has 1 atom stereocenters. The Hall–Kier alpha value is -1.85. The van der Waals surface area contributed by atoms with E-state index >= 15 is 0 Å². The first kappa shape index (κ1) is 13.2. The molecule has 0 saturated carbocycles. The van der Waals surface area contributed by atoms with E-state index in [0.29, 0.717) is 5.76 Å². The standard InChI is InChI=1S/C11H16N2O4/c1-6-5-7(13-17-6)9(14)12-8(10(15)16)11(2,3)4/h5,8H,1-4H3,(H,12,14)(H,15,16). The highest BCUT2D eigenvalue weighted by Crippen LogP contribution is 2.19. The fourth-order valence-electron chi connectivity index (χ4n) is 1.33. The first-order valence-electron chi connectivity index (χ1n) is 5.19. The predicted molar refractivity (Wildman–Crippen MR) is 59.6 cm³/mol. The lowest BCUT2D eigenvalue weighted by Crippen LogP contribution is -2.49. The zero-order valence-electron chi connectivity index (χ0n) is 10.3. The molecule has 17 heavy (non-hydrogen) atoms. The van der Waals surface area contributed by atoms with Crippen LogP contribution in [0.4, 0.5) is 0 Å². The highest BCUT2D eigenvalue weighted by molar-refractivity contribution is 5.95. The Kier molecular flexibility index (Phi) is 3.55. The molecule has 0 aliphatic carbocycles. The molecule has 6 nitrogen and oxygen atoms in total. The molecule has 1 aromatic heterocycles. The van der Waals surface area contributed by atoms with Crippen molar-refractivity contribution in [1.29, 1.82) is 0 Å². The topological polar surface area (TPSA) is 92.4 Å². The minimum atomic E-state index is -1.08. The number of hydrogen-bond acceptors (Lipinski definition) is 4. The molecule has 1 aromatic rings. The zero-order valence-corrected chi connectivity index (χ0v) is 10.3. The van der Waals surface area contributed by atoms with E-state index in [4.69, 9.17) is 9.63 Å². The summed E-state index contributed by atoms with van der Waals surface area (Å²) in [6.07, 6.45) is 0. The van der Waals surface area contributed by atoms with E-state index in [9.17, 15) is 9.59 Å². The predicted octanol–water partition coefficient (Wildman–Crippen LogP) is 1.21. The molecule has 1 amide bonds. The minimum Gasteiger partial charge on any atom is -0.480 e. The molecule has 0 aromatic carbocycles. The third-order valence-electron chi connectivity index (χ3n) is 2.25. The number of carbonyl (C=O) groups excluding carboxylic acids is 1. The van der Waals surface area contributed by atoms with Gasteiger partial charge in [0.1, 0.15) is 11.8 Å². The molecular weight excluding hydrogens is 224 g/mol. The van der Waals surface area contributed by atoms with Crippen molar-refractivity contribution in [3.05, 3.63) is 17.5 Å². The van der Waals surface area contributed by atoms with Gasteiger partial charge in [0.2, 0.25) is 0 Å². The van der Waals surface area contributed by atoms with Crippen LogP contribution in [0.15, 0.2) is 10.6 Å². The fourth-order valence-corrected chi connectivity index (χ4v) is 1.33. The maximum Gasteiger partial charge on any atom is 0.326 e. The van der Waals surface area contributed by atoms with Crippen molar-refractivity contribution in [1.82, 2.24) is 10.5 Å². The number of carboxylic acids is 1. The molecule has 0 saturated heterocycles. The van der Waals surface area contributed by atoms with Crippen molar-refractivity contribution < 1.29 is 19.2 Å². The smallest absolute Gasteiger partial charge is 0.326 e. The lowest BCUT2D eigenvalue weighted by molar-refractivity contribution is -0.142. The van der Waals surface area contributed by atoms with Crippen molar-refractivity contribution in [3.63, 3.8) is 0 Å². The van der Waals surface area contributed by atoms with Crippen LogP contribution in [-0.2, 0) is 4.79 Å². The maximum atomic E-state index is 11.7. The summed E-state index contributed by atoms with van der Waals surface area (Å²) in [5, 5.41) is 15.0. The number of nitrogens with zero attached hydrogens (tertiary/aromatic N) is 1. The molecule has 0 aliphatic rings. The lowest BCUT2D eigenvalue weighted by atomic mass is 9.86. The molecule has 0 bridgehead atoms. The minimum absolute atomic E-state index is 0.0815. The maximum absolute atomic E-state index is 11.7. The average Bonchev–Trinajstić information content (AvgIpc) is 2.58. The van der Waals surface area contributed by atoms with E-state index in [1.165, 1.54) is 6.07 Å². The van der Waals surface area contributed by atoms with Crippen LogP contribution in [0.1, 0.15) is 37.0 Å². The molecule has 0 fully saturated rings. The number of aliphatic carboxylic acids is 1. The van der Waals surface area contributed by atoms with Crippen LogP contribution in [0, 0.1) is 12.3 Å². The third kappa shape index (κ3) is 3.30. The molecule has 1 heterocycles. The largest absolute Gasteiger partial charge is 0.480 e. The molecule has 0 aliphatic heterocycles. The van der Waals surface area contributed by atoms with Gasteiger partial charge in [-0.25, -0.2) is 4.79 Å². The van der Waals surface area contributed by atoms with Crippen molar-refractivity contribution in [2.75, 3.05) is 0 Å². The van der Waals surface area contributed by atoms with Crippen molar-refractivity contribution in [2.45, 2.75) is 33.7 Å². The number of carboxylic acid groups (broad SMARTS) is 1. The molecule has 1 unspecified atom stereocenters. The molecule has 0 spiro atoms. The van der Waals surface area contributed by atoms with Gasteiger partial charge in [-0.3, -0.25) is 4.79 Å². The first-order chi connectivity index (χ1) is 7.71. The second kappa shape index (κ2) is 4.57. The van der Waals surface area contributed by atoms with Gasteiger partial charge in [-0.05, 0) is 12.3 Å². The first-order valence-corrected chi connectivity index (χ1v) is 5.19. The van der Waals surface area contributed by atoms with Crippen LogP contribution in [0.3, 0.4) is 0 Å². The molecule has 0 radical (unpaired) electrons. The van der Waals surface area contributed by atoms with E-state index in [0.717, 1.165) is 0 Å². The van der Waals surface area contributed by atoms with Crippen LogP contribution in [0.2, 0.25) is 0 Å². The lowest BCUT2D eigenvalue weighted by Gasteiger charge is -2.27. The van der Waals surface area contributed by atoms with Gasteiger partial charge in [-0.15, -0.1) is 0 Å². The summed E-state index contributed by atoms with van der Waals surface area (Å²) < 4.78 is 4.76. The Labute approximate surface area is 99.0 Å². The Balaban J connectivity index is 2.82. The van der Waals surface area contributed by atoms with E-state index < -0.39 is 23.3 Å².